The number of ether oxygens (including phenoxy) is 3. The van der Waals surface area contributed by atoms with Crippen molar-refractivity contribution in [2.24, 2.45) is 0 Å². The third kappa shape index (κ3) is 6.74. The minimum Gasteiger partial charge on any atom is -0.504 e. The van der Waals surface area contributed by atoms with Crippen molar-refractivity contribution in [2.45, 2.75) is 30.7 Å². The van der Waals surface area contributed by atoms with Crippen LogP contribution < -0.4 is 0 Å². The van der Waals surface area contributed by atoms with E-state index in [4.69, 9.17) is 24.4 Å². The van der Waals surface area contributed by atoms with Gasteiger partial charge in [-0.05, 0) is 29.3 Å². The van der Waals surface area contributed by atoms with Crippen LogP contribution in [0.5, 0.6) is 11.5 Å². The number of hydrogen-bond donors (Lipinski definition) is 7. The number of phenols is 2. The summed E-state index contributed by atoms with van der Waals surface area (Å²) in [6.45, 7) is -1.60. The number of benzene rings is 1. The zero-order chi connectivity index (χ0) is 23.0. The van der Waals surface area contributed by atoms with Crippen LogP contribution in [0.25, 0.3) is 6.08 Å². The Morgan fingerprint density at radius 3 is 2.45 bits per heavy atom. The monoisotopic (exact) mass is 442 g/mol. The van der Waals surface area contributed by atoms with Gasteiger partial charge in [-0.2, -0.15) is 0 Å². The van der Waals surface area contributed by atoms with Gasteiger partial charge in [-0.15, -0.1) is 0 Å². The Balaban J connectivity index is 2.01. The van der Waals surface area contributed by atoms with Gasteiger partial charge in [0.2, 0.25) is 0 Å². The molecule has 0 bridgehead atoms. The van der Waals surface area contributed by atoms with E-state index in [-0.39, 0.29) is 24.7 Å². The molecule has 1 aliphatic rings. The van der Waals surface area contributed by atoms with Crippen LogP contribution in [-0.2, 0) is 19.0 Å². The maximum absolute atomic E-state index is 12.1. The molecule has 2 rings (SSSR count). The third-order valence-electron chi connectivity index (χ3n) is 4.50. The summed E-state index contributed by atoms with van der Waals surface area (Å²) in [5.74, 6) is -1.62. The number of carbonyl (C=O) groups is 1. The maximum atomic E-state index is 12.1. The van der Waals surface area contributed by atoms with Crippen molar-refractivity contribution in [1.29, 1.82) is 0 Å². The molecule has 1 heterocycles. The predicted octanol–water partition coefficient (Wildman–Crippen LogP) is -1.61. The highest BCUT2D eigenvalue weighted by molar-refractivity contribution is 5.87. The molecular formula is C20H26O11. The number of carbonyl (C=O) groups excluding carboxylic acids is 1. The van der Waals surface area contributed by atoms with Gasteiger partial charge in [0.15, 0.2) is 23.9 Å². The summed E-state index contributed by atoms with van der Waals surface area (Å²) in [5, 5.41) is 66.9. The Bertz CT molecular complexity index is 789. The van der Waals surface area contributed by atoms with Gasteiger partial charge in [0.25, 0.3) is 0 Å². The van der Waals surface area contributed by atoms with Crippen molar-refractivity contribution in [3.05, 3.63) is 41.5 Å². The summed E-state index contributed by atoms with van der Waals surface area (Å²) < 4.78 is 15.8. The van der Waals surface area contributed by atoms with Crippen LogP contribution >= 0.6 is 0 Å². The van der Waals surface area contributed by atoms with Gasteiger partial charge >= 0.3 is 5.97 Å². The fraction of sp³-hybridized carbons (Fsp3) is 0.450. The lowest BCUT2D eigenvalue weighted by atomic mass is 9.99. The Morgan fingerprint density at radius 1 is 1.10 bits per heavy atom. The van der Waals surface area contributed by atoms with Crippen LogP contribution in [0.4, 0.5) is 0 Å². The summed E-state index contributed by atoms with van der Waals surface area (Å²) in [6, 6.07) is 3.88. The number of phenolic OH excluding ortho intramolecular Hbond substituents is 2. The minimum absolute atomic E-state index is 0.212. The largest absolute Gasteiger partial charge is 0.504 e. The van der Waals surface area contributed by atoms with Crippen LogP contribution in [0.15, 0.2) is 35.9 Å². The molecule has 1 aromatic carbocycles. The first kappa shape index (κ1) is 24.8. The van der Waals surface area contributed by atoms with E-state index in [1.165, 1.54) is 30.4 Å². The van der Waals surface area contributed by atoms with Crippen molar-refractivity contribution < 1.29 is 54.8 Å². The lowest BCUT2D eigenvalue weighted by Gasteiger charge is -2.41. The van der Waals surface area contributed by atoms with Crippen LogP contribution in [0, 0.1) is 0 Å². The number of rotatable bonds is 9. The Morgan fingerprint density at radius 2 is 1.84 bits per heavy atom. The second kappa shape index (κ2) is 11.8. The van der Waals surface area contributed by atoms with Crippen molar-refractivity contribution in [3.63, 3.8) is 0 Å². The zero-order valence-corrected chi connectivity index (χ0v) is 16.4. The molecule has 1 fully saturated rings. The van der Waals surface area contributed by atoms with E-state index in [0.29, 0.717) is 11.1 Å². The number of aliphatic hydroxyl groups excluding tert-OH is 5. The number of aliphatic hydroxyl groups is 5. The molecule has 11 heteroatoms. The standard InChI is InChI=1S/C20H26O11/c21-6-5-12(8-22)10-29-20-18(28)17(27)19(15(9-23)30-20)31-16(26)4-2-11-1-3-13(24)14(25)7-11/h1-5,7,15,17-25,27-28H,6,8-10H2/b4-2+,12-5+/t15-,17-,18-,19-,20-/m1/s1. The molecule has 1 aliphatic heterocycles. The smallest absolute Gasteiger partial charge is 0.331 e. The van der Waals surface area contributed by atoms with Crippen LogP contribution in [-0.4, -0.2) is 98.8 Å². The highest BCUT2D eigenvalue weighted by Crippen LogP contribution is 2.26. The molecule has 0 radical (unpaired) electrons. The molecular weight excluding hydrogens is 416 g/mol. The molecule has 1 saturated heterocycles. The van der Waals surface area contributed by atoms with E-state index in [1.807, 2.05) is 0 Å². The summed E-state index contributed by atoms with van der Waals surface area (Å²) in [6.07, 6.45) is -3.69. The Kier molecular flexibility index (Phi) is 9.40. The fourth-order valence-electron chi connectivity index (χ4n) is 2.81. The second-order valence-corrected chi connectivity index (χ2v) is 6.70. The molecule has 0 aromatic heterocycles. The topological polar surface area (TPSA) is 186 Å². The molecule has 172 valence electrons. The highest BCUT2D eigenvalue weighted by Gasteiger charge is 2.46. The molecule has 5 atom stereocenters. The zero-order valence-electron chi connectivity index (χ0n) is 16.4. The van der Waals surface area contributed by atoms with E-state index < -0.39 is 49.9 Å². The van der Waals surface area contributed by atoms with Gasteiger partial charge in [0.1, 0.15) is 18.3 Å². The van der Waals surface area contributed by atoms with E-state index in [1.54, 1.807) is 0 Å². The second-order valence-electron chi connectivity index (χ2n) is 6.70. The molecule has 7 N–H and O–H groups in total. The highest BCUT2D eigenvalue weighted by atomic mass is 16.7. The van der Waals surface area contributed by atoms with Crippen molar-refractivity contribution in [1.82, 2.24) is 0 Å². The SMILES string of the molecule is O=C(/C=C/c1ccc(O)c(O)c1)O[C@H]1[C@H](O)[C@@H](O)[C@H](OC/C(=C/CO)CO)O[C@@H]1CO. The van der Waals surface area contributed by atoms with Crippen LogP contribution in [0.2, 0.25) is 0 Å². The van der Waals surface area contributed by atoms with Gasteiger partial charge < -0.3 is 50.0 Å². The molecule has 11 nitrogen and oxygen atoms in total. The predicted molar refractivity (Wildman–Crippen MR) is 105 cm³/mol. The summed E-state index contributed by atoms with van der Waals surface area (Å²) in [4.78, 5) is 12.1. The number of esters is 1. The Labute approximate surface area is 177 Å². The normalized spacial score (nSPS) is 26.9. The number of hydrogen-bond acceptors (Lipinski definition) is 11. The molecule has 0 saturated carbocycles. The van der Waals surface area contributed by atoms with E-state index in [0.717, 1.165) is 6.08 Å². The molecule has 1 aromatic rings. The fourth-order valence-corrected chi connectivity index (χ4v) is 2.81. The van der Waals surface area contributed by atoms with Crippen molar-refractivity contribution >= 4 is 12.0 Å². The minimum atomic E-state index is -1.65. The van der Waals surface area contributed by atoms with E-state index in [2.05, 4.69) is 0 Å². The number of aromatic hydroxyl groups is 2. The summed E-state index contributed by atoms with van der Waals surface area (Å²) in [7, 11) is 0. The molecule has 0 aliphatic carbocycles. The van der Waals surface area contributed by atoms with Crippen molar-refractivity contribution in [2.75, 3.05) is 26.4 Å². The van der Waals surface area contributed by atoms with E-state index in [9.17, 15) is 30.3 Å². The molecule has 0 unspecified atom stereocenters. The lowest BCUT2D eigenvalue weighted by Crippen LogP contribution is -2.60. The Hall–Kier alpha value is -2.51. The average molecular weight is 442 g/mol. The van der Waals surface area contributed by atoms with Crippen LogP contribution in [0.1, 0.15) is 5.56 Å². The van der Waals surface area contributed by atoms with Gasteiger partial charge in [-0.25, -0.2) is 4.79 Å². The lowest BCUT2D eigenvalue weighted by molar-refractivity contribution is -0.301. The maximum Gasteiger partial charge on any atom is 0.331 e. The molecule has 0 amide bonds. The molecule has 31 heavy (non-hydrogen) atoms. The van der Waals surface area contributed by atoms with Gasteiger partial charge in [0.05, 0.1) is 26.4 Å². The first-order chi connectivity index (χ1) is 14.8. The first-order valence-corrected chi connectivity index (χ1v) is 9.35. The van der Waals surface area contributed by atoms with Crippen LogP contribution in [0.3, 0.4) is 0 Å². The quantitative estimate of drug-likeness (QED) is 0.101. The first-order valence-electron chi connectivity index (χ1n) is 9.35. The third-order valence-corrected chi connectivity index (χ3v) is 4.50. The molecule has 0 spiro atoms. The average Bonchev–Trinajstić information content (AvgIpc) is 2.76. The van der Waals surface area contributed by atoms with Gasteiger partial charge in [0, 0.05) is 6.08 Å². The van der Waals surface area contributed by atoms with Gasteiger partial charge in [-0.3, -0.25) is 0 Å². The summed E-state index contributed by atoms with van der Waals surface area (Å²) in [5.41, 5.74) is 0.697. The van der Waals surface area contributed by atoms with Crippen molar-refractivity contribution in [3.8, 4) is 11.5 Å². The summed E-state index contributed by atoms with van der Waals surface area (Å²) >= 11 is 0. The van der Waals surface area contributed by atoms with Gasteiger partial charge in [-0.1, -0.05) is 12.1 Å². The van der Waals surface area contributed by atoms with E-state index >= 15 is 0 Å².